The van der Waals surface area contributed by atoms with E-state index in [2.05, 4.69) is 19.9 Å². The van der Waals surface area contributed by atoms with Gasteiger partial charge in [0.25, 0.3) is 0 Å². The van der Waals surface area contributed by atoms with E-state index in [1.807, 2.05) is 31.2 Å². The van der Waals surface area contributed by atoms with Gasteiger partial charge in [-0.15, -0.1) is 0 Å². The second-order valence-electron chi connectivity index (χ2n) is 6.36. The first kappa shape index (κ1) is 15.6. The third-order valence-corrected chi connectivity index (χ3v) is 3.99. The summed E-state index contributed by atoms with van der Waals surface area (Å²) in [5.41, 5.74) is 0.770. The molecule has 1 aromatic rings. The predicted octanol–water partition coefficient (Wildman–Crippen LogP) is 3.94. The van der Waals surface area contributed by atoms with E-state index in [1.54, 1.807) is 0 Å². The molecule has 3 heteroatoms. The van der Waals surface area contributed by atoms with Gasteiger partial charge in [-0.2, -0.15) is 5.26 Å². The Morgan fingerprint density at radius 2 is 1.90 bits per heavy atom. The van der Waals surface area contributed by atoms with Crippen molar-refractivity contribution in [3.63, 3.8) is 0 Å². The van der Waals surface area contributed by atoms with Crippen molar-refractivity contribution in [2.24, 2.45) is 17.8 Å². The third kappa shape index (κ3) is 4.07. The molecule has 0 radical (unpaired) electrons. The fourth-order valence-corrected chi connectivity index (χ4v) is 2.41. The zero-order chi connectivity index (χ0) is 15.4. The van der Waals surface area contributed by atoms with Crippen LogP contribution in [0.25, 0.3) is 0 Å². The summed E-state index contributed by atoms with van der Waals surface area (Å²) < 4.78 is 5.62. The quantitative estimate of drug-likeness (QED) is 0.762. The maximum atomic E-state index is 12.4. The molecule has 2 rings (SSSR count). The molecule has 2 unspecified atom stereocenters. The van der Waals surface area contributed by atoms with Gasteiger partial charge in [-0.05, 0) is 42.4 Å². The van der Waals surface area contributed by atoms with Crippen molar-refractivity contribution in [2.75, 3.05) is 6.61 Å². The molecule has 0 spiro atoms. The van der Waals surface area contributed by atoms with Crippen LogP contribution in [-0.4, -0.2) is 12.4 Å². The lowest BCUT2D eigenvalue weighted by atomic mass is 9.87. The summed E-state index contributed by atoms with van der Waals surface area (Å²) in [4.78, 5) is 12.4. The predicted molar refractivity (Wildman–Crippen MR) is 82.0 cm³/mol. The number of hydrogen-bond acceptors (Lipinski definition) is 3. The Labute approximate surface area is 126 Å². The molecule has 0 heterocycles. The molecule has 1 saturated carbocycles. The number of ketones is 1. The molecular weight excluding hydrogens is 262 g/mol. The monoisotopic (exact) mass is 285 g/mol. The zero-order valence-electron chi connectivity index (χ0n) is 13.0. The maximum Gasteiger partial charge on any atom is 0.157 e. The fraction of sp³-hybridized carbons (Fsp3) is 0.556. The molecule has 0 N–H and O–H groups in total. The van der Waals surface area contributed by atoms with E-state index >= 15 is 0 Å². The minimum atomic E-state index is -0.653. The third-order valence-electron chi connectivity index (χ3n) is 3.99. The van der Waals surface area contributed by atoms with Crippen LogP contribution in [0.15, 0.2) is 24.3 Å². The van der Waals surface area contributed by atoms with E-state index in [-0.39, 0.29) is 11.7 Å². The van der Waals surface area contributed by atoms with Gasteiger partial charge in [0.2, 0.25) is 0 Å². The van der Waals surface area contributed by atoms with E-state index in [0.717, 1.165) is 24.2 Å². The van der Waals surface area contributed by atoms with E-state index in [0.29, 0.717) is 18.4 Å². The van der Waals surface area contributed by atoms with Gasteiger partial charge in [-0.1, -0.05) is 32.9 Å². The number of hydrogen-bond donors (Lipinski definition) is 0. The number of carbonyl (C=O) groups is 1. The van der Waals surface area contributed by atoms with Crippen molar-refractivity contribution in [1.82, 2.24) is 0 Å². The Balaban J connectivity index is 2.04. The molecule has 1 aliphatic carbocycles. The molecule has 2 atom stereocenters. The van der Waals surface area contributed by atoms with Crippen molar-refractivity contribution in [1.29, 1.82) is 5.26 Å². The molecule has 0 bridgehead atoms. The second kappa shape index (κ2) is 6.76. The highest BCUT2D eigenvalue weighted by atomic mass is 16.5. The highest BCUT2D eigenvalue weighted by Gasteiger charge is 2.36. The van der Waals surface area contributed by atoms with E-state index < -0.39 is 5.92 Å². The van der Waals surface area contributed by atoms with Crippen LogP contribution in [-0.2, 0) is 4.79 Å². The van der Waals surface area contributed by atoms with Crippen molar-refractivity contribution in [3.05, 3.63) is 29.8 Å². The lowest BCUT2D eigenvalue weighted by molar-refractivity contribution is -0.123. The number of Topliss-reactive ketones (excluding diaryl/α,β-unsaturated/α-hetero) is 1. The number of nitrogens with zero attached hydrogens (tertiary/aromatic N) is 1. The number of rotatable bonds is 7. The highest BCUT2D eigenvalue weighted by molar-refractivity contribution is 5.90. The van der Waals surface area contributed by atoms with Crippen molar-refractivity contribution in [3.8, 4) is 11.8 Å². The van der Waals surface area contributed by atoms with Crippen LogP contribution in [0.5, 0.6) is 5.75 Å². The number of nitriles is 1. The molecule has 0 aliphatic heterocycles. The summed E-state index contributed by atoms with van der Waals surface area (Å²) in [5, 5.41) is 9.34. The van der Waals surface area contributed by atoms with E-state index in [1.165, 1.54) is 0 Å². The molecule has 0 saturated heterocycles. The largest absolute Gasteiger partial charge is 0.493 e. The summed E-state index contributed by atoms with van der Waals surface area (Å²) in [5.74, 6) is 1.13. The molecule has 1 fully saturated rings. The van der Waals surface area contributed by atoms with Crippen LogP contribution in [0.1, 0.15) is 45.1 Å². The van der Waals surface area contributed by atoms with Crippen LogP contribution in [0.3, 0.4) is 0 Å². The Kier molecular flexibility index (Phi) is 5.01. The summed E-state index contributed by atoms with van der Waals surface area (Å²) in [6.07, 6.45) is 2.24. The topological polar surface area (TPSA) is 50.1 Å². The number of benzene rings is 1. The van der Waals surface area contributed by atoms with Gasteiger partial charge in [0, 0.05) is 5.92 Å². The minimum Gasteiger partial charge on any atom is -0.493 e. The van der Waals surface area contributed by atoms with Gasteiger partial charge < -0.3 is 4.74 Å². The Morgan fingerprint density at radius 3 is 2.38 bits per heavy atom. The minimum absolute atomic E-state index is 0.00785. The first-order valence-corrected chi connectivity index (χ1v) is 7.69. The summed E-state index contributed by atoms with van der Waals surface area (Å²) in [6.45, 7) is 6.80. The van der Waals surface area contributed by atoms with Crippen molar-refractivity contribution in [2.45, 2.75) is 39.5 Å². The average Bonchev–Trinajstić information content (AvgIpc) is 3.30. The van der Waals surface area contributed by atoms with Gasteiger partial charge >= 0.3 is 0 Å². The maximum absolute atomic E-state index is 12.4. The first-order chi connectivity index (χ1) is 10.0. The van der Waals surface area contributed by atoms with Gasteiger partial charge in [0.05, 0.1) is 12.7 Å². The van der Waals surface area contributed by atoms with E-state index in [4.69, 9.17) is 4.74 Å². The lowest BCUT2D eigenvalue weighted by Crippen LogP contribution is -2.20. The number of carbonyl (C=O) groups excluding carboxylic acids is 1. The van der Waals surface area contributed by atoms with Crippen LogP contribution >= 0.6 is 0 Å². The smallest absolute Gasteiger partial charge is 0.157 e. The molecule has 3 nitrogen and oxygen atoms in total. The first-order valence-electron chi connectivity index (χ1n) is 7.69. The Bertz CT molecular complexity index is 523. The standard InChI is InChI=1S/C18H23NO2/c1-12(2)11-21-16-8-6-15(7-9-16)17(10-19)18(20)13(3)14-4-5-14/h6-9,12-14,17H,4-5,11H2,1-3H3. The second-order valence-corrected chi connectivity index (χ2v) is 6.36. The zero-order valence-corrected chi connectivity index (χ0v) is 13.0. The molecule has 1 aromatic carbocycles. The molecule has 21 heavy (non-hydrogen) atoms. The van der Waals surface area contributed by atoms with Crippen LogP contribution in [0.2, 0.25) is 0 Å². The fourth-order valence-electron chi connectivity index (χ4n) is 2.41. The van der Waals surface area contributed by atoms with Gasteiger partial charge in [-0.25, -0.2) is 0 Å². The normalized spacial score (nSPS) is 17.1. The Hall–Kier alpha value is -1.82. The van der Waals surface area contributed by atoms with E-state index in [9.17, 15) is 10.1 Å². The summed E-state index contributed by atoms with van der Waals surface area (Å²) in [7, 11) is 0. The molecular formula is C18H23NO2. The Morgan fingerprint density at radius 1 is 1.29 bits per heavy atom. The van der Waals surface area contributed by atoms with Crippen LogP contribution in [0, 0.1) is 29.1 Å². The summed E-state index contributed by atoms with van der Waals surface area (Å²) >= 11 is 0. The van der Waals surface area contributed by atoms with Gasteiger partial charge in [-0.3, -0.25) is 4.79 Å². The number of ether oxygens (including phenoxy) is 1. The lowest BCUT2D eigenvalue weighted by Gasteiger charge is -2.15. The van der Waals surface area contributed by atoms with Crippen molar-refractivity contribution < 1.29 is 9.53 Å². The molecule has 0 aromatic heterocycles. The summed E-state index contributed by atoms with van der Waals surface area (Å²) in [6, 6.07) is 9.52. The van der Waals surface area contributed by atoms with Crippen LogP contribution in [0.4, 0.5) is 0 Å². The molecule has 112 valence electrons. The molecule has 1 aliphatic rings. The SMILES string of the molecule is CC(C)COc1ccc(C(C#N)C(=O)C(C)C2CC2)cc1. The highest BCUT2D eigenvalue weighted by Crippen LogP contribution is 2.39. The van der Waals surface area contributed by atoms with Gasteiger partial charge in [0.15, 0.2) is 5.78 Å². The molecule has 0 amide bonds. The average molecular weight is 285 g/mol. The van der Waals surface area contributed by atoms with Gasteiger partial charge in [0.1, 0.15) is 11.7 Å². The van der Waals surface area contributed by atoms with Crippen LogP contribution < -0.4 is 4.74 Å². The van der Waals surface area contributed by atoms with Crippen molar-refractivity contribution >= 4 is 5.78 Å².